The topological polar surface area (TPSA) is 20.3 Å². The monoisotopic (exact) mass is 205 g/mol. The molecule has 0 spiro atoms. The second-order valence-corrected chi connectivity index (χ2v) is 3.87. The minimum atomic E-state index is -2.19. The van der Waals surface area contributed by atoms with Gasteiger partial charge in [0.2, 0.25) is 6.43 Å². The van der Waals surface area contributed by atoms with Crippen molar-refractivity contribution in [1.29, 1.82) is 0 Å². The third-order valence-corrected chi connectivity index (χ3v) is 2.80. The zero-order valence-electron chi connectivity index (χ0n) is 8.29. The molecule has 1 fully saturated rings. The second kappa shape index (κ2) is 6.06. The molecule has 1 saturated heterocycles. The van der Waals surface area contributed by atoms with Crippen LogP contribution in [0.3, 0.4) is 0 Å². The van der Waals surface area contributed by atoms with Gasteiger partial charge in [0.05, 0.1) is 0 Å². The summed E-state index contributed by atoms with van der Waals surface area (Å²) in [5.41, 5.74) is 0. The highest BCUT2D eigenvalue weighted by molar-refractivity contribution is 5.49. The van der Waals surface area contributed by atoms with Gasteiger partial charge in [0.1, 0.15) is 6.29 Å². The molecule has 0 unspecified atom stereocenters. The van der Waals surface area contributed by atoms with Gasteiger partial charge in [0.25, 0.3) is 0 Å². The molecule has 82 valence electrons. The van der Waals surface area contributed by atoms with Crippen LogP contribution in [0.15, 0.2) is 0 Å². The summed E-state index contributed by atoms with van der Waals surface area (Å²) in [6.45, 7) is 2.22. The summed E-state index contributed by atoms with van der Waals surface area (Å²) in [4.78, 5) is 12.3. The second-order valence-electron chi connectivity index (χ2n) is 3.87. The van der Waals surface area contributed by atoms with Gasteiger partial charge in [-0.25, -0.2) is 8.78 Å². The van der Waals surface area contributed by atoms with Crippen molar-refractivity contribution in [2.75, 3.05) is 19.6 Å². The van der Waals surface area contributed by atoms with Crippen LogP contribution in [0, 0.1) is 5.92 Å². The summed E-state index contributed by atoms with van der Waals surface area (Å²) in [6, 6.07) is 0. The molecule has 0 aromatic rings. The molecule has 0 aromatic heterocycles. The fourth-order valence-electron chi connectivity index (χ4n) is 1.86. The maximum atomic E-state index is 11.9. The number of hydrogen-bond donors (Lipinski definition) is 0. The third-order valence-electron chi connectivity index (χ3n) is 2.80. The molecule has 1 rings (SSSR count). The summed E-state index contributed by atoms with van der Waals surface area (Å²) in [7, 11) is 0. The Morgan fingerprint density at radius 2 is 2.00 bits per heavy atom. The van der Waals surface area contributed by atoms with E-state index >= 15 is 0 Å². The fraction of sp³-hybridized carbons (Fsp3) is 0.900. The lowest BCUT2D eigenvalue weighted by Gasteiger charge is -2.30. The Kier molecular flexibility index (Phi) is 5.01. The average molecular weight is 205 g/mol. The van der Waals surface area contributed by atoms with E-state index in [9.17, 15) is 13.6 Å². The normalized spacial score (nSPS) is 20.2. The SMILES string of the molecule is O=CCC1CCN(CCC(F)F)CC1. The number of rotatable bonds is 5. The van der Waals surface area contributed by atoms with Crippen molar-refractivity contribution in [3.8, 4) is 0 Å². The van der Waals surface area contributed by atoms with E-state index in [0.29, 0.717) is 18.9 Å². The van der Waals surface area contributed by atoms with E-state index in [4.69, 9.17) is 0 Å². The van der Waals surface area contributed by atoms with Crippen LogP contribution >= 0.6 is 0 Å². The Hall–Kier alpha value is -0.510. The highest BCUT2D eigenvalue weighted by Crippen LogP contribution is 2.19. The molecule has 1 aliphatic rings. The molecule has 0 aliphatic carbocycles. The molecule has 0 aromatic carbocycles. The Balaban J connectivity index is 2.12. The van der Waals surface area contributed by atoms with Crippen LogP contribution in [0.4, 0.5) is 8.78 Å². The standard InChI is InChI=1S/C10H17F2NO/c11-10(12)3-7-13-5-1-9(2-6-13)4-8-14/h8-10H,1-7H2. The molecule has 4 heteroatoms. The van der Waals surface area contributed by atoms with Gasteiger partial charge >= 0.3 is 0 Å². The number of carbonyl (C=O) groups is 1. The number of hydrogen-bond acceptors (Lipinski definition) is 2. The molecule has 0 bridgehead atoms. The Labute approximate surface area is 83.3 Å². The zero-order valence-corrected chi connectivity index (χ0v) is 8.29. The lowest BCUT2D eigenvalue weighted by Crippen LogP contribution is -2.35. The van der Waals surface area contributed by atoms with E-state index in [1.807, 2.05) is 0 Å². The first-order valence-corrected chi connectivity index (χ1v) is 5.16. The molecule has 14 heavy (non-hydrogen) atoms. The predicted molar refractivity (Wildman–Crippen MR) is 50.5 cm³/mol. The van der Waals surface area contributed by atoms with E-state index in [0.717, 1.165) is 32.2 Å². The highest BCUT2D eigenvalue weighted by atomic mass is 19.3. The van der Waals surface area contributed by atoms with Gasteiger partial charge in [-0.3, -0.25) is 0 Å². The van der Waals surface area contributed by atoms with Crippen LogP contribution in [0.25, 0.3) is 0 Å². The van der Waals surface area contributed by atoms with E-state index in [-0.39, 0.29) is 6.42 Å². The first kappa shape index (κ1) is 11.6. The molecular formula is C10H17F2NO. The van der Waals surface area contributed by atoms with Gasteiger partial charge in [-0.2, -0.15) is 0 Å². The summed E-state index contributed by atoms with van der Waals surface area (Å²) < 4.78 is 23.8. The van der Waals surface area contributed by atoms with Crippen molar-refractivity contribution < 1.29 is 13.6 Å². The van der Waals surface area contributed by atoms with Crippen LogP contribution < -0.4 is 0 Å². The maximum absolute atomic E-state index is 11.9. The fourth-order valence-corrected chi connectivity index (χ4v) is 1.86. The average Bonchev–Trinajstić information content (AvgIpc) is 2.17. The van der Waals surface area contributed by atoms with Crippen LogP contribution in [0.5, 0.6) is 0 Å². The summed E-state index contributed by atoms with van der Waals surface area (Å²) in [5, 5.41) is 0. The summed E-state index contributed by atoms with van der Waals surface area (Å²) >= 11 is 0. The van der Waals surface area contributed by atoms with E-state index in [1.54, 1.807) is 0 Å². The highest BCUT2D eigenvalue weighted by Gasteiger charge is 2.19. The summed E-state index contributed by atoms with van der Waals surface area (Å²) in [5.74, 6) is 0.482. The van der Waals surface area contributed by atoms with E-state index in [2.05, 4.69) is 4.90 Å². The Morgan fingerprint density at radius 3 is 2.50 bits per heavy atom. The van der Waals surface area contributed by atoms with Crippen molar-refractivity contribution >= 4 is 6.29 Å². The molecule has 0 N–H and O–H groups in total. The van der Waals surface area contributed by atoms with E-state index < -0.39 is 6.43 Å². The van der Waals surface area contributed by atoms with E-state index in [1.165, 1.54) is 0 Å². The van der Waals surface area contributed by atoms with Gasteiger partial charge in [-0.05, 0) is 31.8 Å². The van der Waals surface area contributed by atoms with Crippen molar-refractivity contribution in [2.45, 2.75) is 32.1 Å². The van der Waals surface area contributed by atoms with Gasteiger partial charge in [-0.15, -0.1) is 0 Å². The number of piperidine rings is 1. The Bertz CT molecular complexity index is 168. The number of likely N-dealkylation sites (tertiary alicyclic amines) is 1. The minimum Gasteiger partial charge on any atom is -0.303 e. The van der Waals surface area contributed by atoms with Gasteiger partial charge in [-0.1, -0.05) is 0 Å². The summed E-state index contributed by atoms with van der Waals surface area (Å²) in [6.07, 6.45) is 1.31. The molecule has 2 nitrogen and oxygen atoms in total. The molecule has 0 amide bonds. The number of alkyl halides is 2. The number of aldehydes is 1. The van der Waals surface area contributed by atoms with Crippen LogP contribution in [0.1, 0.15) is 25.7 Å². The molecule has 0 atom stereocenters. The maximum Gasteiger partial charge on any atom is 0.239 e. The first-order valence-electron chi connectivity index (χ1n) is 5.16. The molecule has 1 aliphatic heterocycles. The molecule has 0 saturated carbocycles. The number of nitrogens with zero attached hydrogens (tertiary/aromatic N) is 1. The quantitative estimate of drug-likeness (QED) is 0.639. The van der Waals surface area contributed by atoms with Crippen LogP contribution in [-0.4, -0.2) is 37.2 Å². The van der Waals surface area contributed by atoms with Gasteiger partial charge in [0, 0.05) is 19.4 Å². The smallest absolute Gasteiger partial charge is 0.239 e. The number of carbonyl (C=O) groups excluding carboxylic acids is 1. The molecular weight excluding hydrogens is 188 g/mol. The van der Waals surface area contributed by atoms with Crippen molar-refractivity contribution in [1.82, 2.24) is 4.90 Å². The van der Waals surface area contributed by atoms with Crippen molar-refractivity contribution in [2.24, 2.45) is 5.92 Å². The lowest BCUT2D eigenvalue weighted by molar-refractivity contribution is -0.108. The molecule has 0 radical (unpaired) electrons. The molecule has 1 heterocycles. The van der Waals surface area contributed by atoms with Crippen LogP contribution in [0.2, 0.25) is 0 Å². The third kappa shape index (κ3) is 4.13. The minimum absolute atomic E-state index is 0.0294. The largest absolute Gasteiger partial charge is 0.303 e. The predicted octanol–water partition coefficient (Wildman–Crippen LogP) is 1.94. The van der Waals surface area contributed by atoms with Crippen molar-refractivity contribution in [3.63, 3.8) is 0 Å². The van der Waals surface area contributed by atoms with Gasteiger partial charge in [0.15, 0.2) is 0 Å². The first-order chi connectivity index (χ1) is 6.72. The van der Waals surface area contributed by atoms with Crippen LogP contribution in [-0.2, 0) is 4.79 Å². The number of halogens is 2. The Morgan fingerprint density at radius 1 is 1.36 bits per heavy atom. The van der Waals surface area contributed by atoms with Gasteiger partial charge < -0.3 is 9.69 Å². The zero-order chi connectivity index (χ0) is 10.4. The lowest BCUT2D eigenvalue weighted by atomic mass is 9.94. The van der Waals surface area contributed by atoms with Crippen molar-refractivity contribution in [3.05, 3.63) is 0 Å².